The first-order valence-corrected chi connectivity index (χ1v) is 6.79. The predicted octanol–water partition coefficient (Wildman–Crippen LogP) is 2.70. The van der Waals surface area contributed by atoms with Crippen LogP contribution in [-0.4, -0.2) is 27.0 Å². The van der Waals surface area contributed by atoms with Crippen molar-refractivity contribution in [3.63, 3.8) is 0 Å². The lowest BCUT2D eigenvalue weighted by atomic mass is 10.1. The highest BCUT2D eigenvalue weighted by atomic mass is 35.5. The molecule has 2 aromatic heterocycles. The van der Waals surface area contributed by atoms with Crippen molar-refractivity contribution in [3.05, 3.63) is 39.9 Å². The molecule has 0 fully saturated rings. The Kier molecular flexibility index (Phi) is 4.74. The Labute approximate surface area is 121 Å². The molecule has 2 rings (SSSR count). The molecule has 1 atom stereocenters. The van der Waals surface area contributed by atoms with Gasteiger partial charge in [-0.25, -0.2) is 4.68 Å². The van der Waals surface area contributed by atoms with Gasteiger partial charge >= 0.3 is 0 Å². The Morgan fingerprint density at radius 3 is 2.79 bits per heavy atom. The van der Waals surface area contributed by atoms with Gasteiger partial charge < -0.3 is 5.32 Å². The number of pyridine rings is 1. The molecule has 0 bridgehead atoms. The fraction of sp³-hybridized carbons (Fsp3) is 0.417. The highest BCUT2D eigenvalue weighted by molar-refractivity contribution is 6.34. The third-order valence-electron chi connectivity index (χ3n) is 2.78. The minimum Gasteiger partial charge on any atom is -0.307 e. The molecular weight excluding hydrogens is 285 g/mol. The van der Waals surface area contributed by atoms with Gasteiger partial charge in [-0.05, 0) is 19.5 Å². The molecule has 7 heteroatoms. The van der Waals surface area contributed by atoms with Gasteiger partial charge in [0, 0.05) is 12.7 Å². The number of hydrogen-bond donors (Lipinski definition) is 1. The second-order valence-electron chi connectivity index (χ2n) is 4.12. The zero-order chi connectivity index (χ0) is 13.8. The van der Waals surface area contributed by atoms with E-state index in [1.807, 2.05) is 11.7 Å². The molecule has 0 spiro atoms. The molecule has 1 N–H and O–H groups in total. The lowest BCUT2D eigenvalue weighted by molar-refractivity contribution is 0.519. The number of nitrogens with one attached hydrogen (secondary N) is 1. The van der Waals surface area contributed by atoms with E-state index >= 15 is 0 Å². The summed E-state index contributed by atoms with van der Waals surface area (Å²) in [6.07, 6.45) is 4.29. The Morgan fingerprint density at radius 1 is 1.37 bits per heavy atom. The summed E-state index contributed by atoms with van der Waals surface area (Å²) in [6, 6.07) is 1.52. The number of hydrogen-bond acceptors (Lipinski definition) is 4. The van der Waals surface area contributed by atoms with Gasteiger partial charge in [-0.15, -0.1) is 5.10 Å². The Bertz CT molecular complexity index is 555. The average molecular weight is 300 g/mol. The number of halogens is 2. The van der Waals surface area contributed by atoms with E-state index in [1.54, 1.807) is 18.5 Å². The topological polar surface area (TPSA) is 55.6 Å². The molecule has 19 heavy (non-hydrogen) atoms. The number of aromatic nitrogens is 4. The summed E-state index contributed by atoms with van der Waals surface area (Å²) in [5.74, 6) is 0. The maximum absolute atomic E-state index is 6.21. The molecule has 0 saturated carbocycles. The average Bonchev–Trinajstić information content (AvgIpc) is 2.82. The molecule has 0 aliphatic heterocycles. The van der Waals surface area contributed by atoms with Crippen LogP contribution in [0.1, 0.15) is 30.8 Å². The molecule has 0 radical (unpaired) electrons. The van der Waals surface area contributed by atoms with Crippen molar-refractivity contribution in [2.75, 3.05) is 7.05 Å². The van der Waals surface area contributed by atoms with Gasteiger partial charge in [0.2, 0.25) is 0 Å². The van der Waals surface area contributed by atoms with Crippen LogP contribution < -0.4 is 5.32 Å². The summed E-state index contributed by atoms with van der Waals surface area (Å²) in [5.41, 5.74) is 1.65. The quantitative estimate of drug-likeness (QED) is 0.922. The summed E-state index contributed by atoms with van der Waals surface area (Å²) < 4.78 is 1.85. The van der Waals surface area contributed by atoms with Crippen LogP contribution in [0.5, 0.6) is 0 Å². The molecule has 0 saturated heterocycles. The normalized spacial score (nSPS) is 12.6. The van der Waals surface area contributed by atoms with Crippen molar-refractivity contribution < 1.29 is 0 Å². The lowest BCUT2D eigenvalue weighted by Gasteiger charge is -2.17. The summed E-state index contributed by atoms with van der Waals surface area (Å²) in [5, 5.41) is 12.3. The third kappa shape index (κ3) is 3.05. The zero-order valence-corrected chi connectivity index (χ0v) is 12.3. The van der Waals surface area contributed by atoms with Gasteiger partial charge in [-0.3, -0.25) is 4.98 Å². The van der Waals surface area contributed by atoms with E-state index in [9.17, 15) is 0 Å². The van der Waals surface area contributed by atoms with Gasteiger partial charge in [0.1, 0.15) is 0 Å². The largest absolute Gasteiger partial charge is 0.307 e. The smallest absolute Gasteiger partial charge is 0.0951 e. The second-order valence-corrected chi connectivity index (χ2v) is 4.97. The van der Waals surface area contributed by atoms with Gasteiger partial charge in [0.15, 0.2) is 0 Å². The Hall–Kier alpha value is -1.17. The molecule has 0 aromatic carbocycles. The van der Waals surface area contributed by atoms with E-state index in [1.165, 1.54) is 0 Å². The van der Waals surface area contributed by atoms with E-state index in [4.69, 9.17) is 23.2 Å². The van der Waals surface area contributed by atoms with Crippen LogP contribution >= 0.6 is 23.2 Å². The minimum absolute atomic E-state index is 0.161. The number of rotatable bonds is 5. The highest BCUT2D eigenvalue weighted by Crippen LogP contribution is 2.27. The molecule has 2 heterocycles. The van der Waals surface area contributed by atoms with Gasteiger partial charge in [-0.2, -0.15) is 0 Å². The Morgan fingerprint density at radius 2 is 2.16 bits per heavy atom. The molecule has 102 valence electrons. The van der Waals surface area contributed by atoms with Crippen molar-refractivity contribution in [2.45, 2.75) is 25.9 Å². The maximum atomic E-state index is 6.21. The summed E-state index contributed by atoms with van der Waals surface area (Å²) in [6.45, 7) is 2.89. The van der Waals surface area contributed by atoms with Crippen molar-refractivity contribution in [3.8, 4) is 0 Å². The van der Waals surface area contributed by atoms with E-state index < -0.39 is 0 Å². The first-order chi connectivity index (χ1) is 9.17. The molecule has 0 aliphatic carbocycles. The van der Waals surface area contributed by atoms with Crippen molar-refractivity contribution in [2.24, 2.45) is 0 Å². The van der Waals surface area contributed by atoms with Crippen LogP contribution in [0.4, 0.5) is 0 Å². The monoisotopic (exact) mass is 299 g/mol. The molecule has 0 aliphatic rings. The van der Waals surface area contributed by atoms with Crippen LogP contribution in [0.2, 0.25) is 10.0 Å². The van der Waals surface area contributed by atoms with Crippen molar-refractivity contribution >= 4 is 23.2 Å². The van der Waals surface area contributed by atoms with Crippen LogP contribution in [0.25, 0.3) is 0 Å². The van der Waals surface area contributed by atoms with Crippen LogP contribution in [0.15, 0.2) is 18.5 Å². The Balaban J connectivity index is 2.41. The third-order valence-corrected chi connectivity index (χ3v) is 3.29. The standard InChI is InChI=1S/C12H15Cl2N5/c1-3-4-19-10(7-17-18-19)12(15-2)11-9(14)5-8(13)6-16-11/h5-7,12,15H,3-4H2,1-2H3. The first-order valence-electron chi connectivity index (χ1n) is 6.04. The predicted molar refractivity (Wildman–Crippen MR) is 75.5 cm³/mol. The van der Waals surface area contributed by atoms with Crippen LogP contribution in [0.3, 0.4) is 0 Å². The maximum Gasteiger partial charge on any atom is 0.0951 e. The van der Waals surface area contributed by atoms with E-state index in [0.29, 0.717) is 15.7 Å². The summed E-state index contributed by atoms with van der Waals surface area (Å²) >= 11 is 12.1. The van der Waals surface area contributed by atoms with Gasteiger partial charge in [0.05, 0.1) is 33.7 Å². The number of nitrogens with zero attached hydrogens (tertiary/aromatic N) is 4. The molecule has 2 aromatic rings. The fourth-order valence-electron chi connectivity index (χ4n) is 1.94. The second kappa shape index (κ2) is 6.32. The molecule has 1 unspecified atom stereocenters. The zero-order valence-electron chi connectivity index (χ0n) is 10.8. The van der Waals surface area contributed by atoms with Gasteiger partial charge in [-0.1, -0.05) is 35.3 Å². The molecule has 5 nitrogen and oxygen atoms in total. The molecular formula is C12H15Cl2N5. The summed E-state index contributed by atoms with van der Waals surface area (Å²) in [7, 11) is 1.85. The van der Waals surface area contributed by atoms with Crippen molar-refractivity contribution in [1.29, 1.82) is 0 Å². The first kappa shape index (κ1) is 14.2. The van der Waals surface area contributed by atoms with E-state index in [0.717, 1.165) is 18.7 Å². The fourth-order valence-corrected chi connectivity index (χ4v) is 2.43. The van der Waals surface area contributed by atoms with Crippen LogP contribution in [0, 0.1) is 0 Å². The van der Waals surface area contributed by atoms with Gasteiger partial charge in [0.25, 0.3) is 0 Å². The molecule has 0 amide bonds. The summed E-state index contributed by atoms with van der Waals surface area (Å²) in [4.78, 5) is 4.31. The van der Waals surface area contributed by atoms with Crippen molar-refractivity contribution in [1.82, 2.24) is 25.3 Å². The van der Waals surface area contributed by atoms with E-state index in [2.05, 4.69) is 27.5 Å². The minimum atomic E-state index is -0.161. The SMILES string of the molecule is CCCn1nncc1C(NC)c1ncc(Cl)cc1Cl. The lowest BCUT2D eigenvalue weighted by Crippen LogP contribution is -2.23. The van der Waals surface area contributed by atoms with Crippen LogP contribution in [-0.2, 0) is 6.54 Å². The number of aryl methyl sites for hydroxylation is 1. The highest BCUT2D eigenvalue weighted by Gasteiger charge is 2.21. The van der Waals surface area contributed by atoms with E-state index in [-0.39, 0.29) is 6.04 Å².